The molecule has 0 radical (unpaired) electrons. The number of ether oxygens (including phenoxy) is 2. The molecule has 0 aromatic heterocycles. The van der Waals surface area contributed by atoms with Gasteiger partial charge in [0.25, 0.3) is 5.91 Å². The van der Waals surface area contributed by atoms with Crippen LogP contribution in [0.3, 0.4) is 0 Å². The minimum Gasteiger partial charge on any atom is -0.489 e. The van der Waals surface area contributed by atoms with E-state index >= 15 is 0 Å². The van der Waals surface area contributed by atoms with Crippen molar-refractivity contribution >= 4 is 5.91 Å². The number of amides is 1. The smallest absolute Gasteiger partial charge is 0.255 e. The second-order valence-electron chi connectivity index (χ2n) is 9.03. The second kappa shape index (κ2) is 13.3. The van der Waals surface area contributed by atoms with Crippen LogP contribution in [0.5, 0.6) is 11.5 Å². The summed E-state index contributed by atoms with van der Waals surface area (Å²) >= 11 is 0. The summed E-state index contributed by atoms with van der Waals surface area (Å²) in [5, 5.41) is 10.6. The van der Waals surface area contributed by atoms with Crippen molar-refractivity contribution in [2.45, 2.75) is 32.2 Å². The van der Waals surface area contributed by atoms with Crippen molar-refractivity contribution in [1.82, 2.24) is 4.90 Å². The van der Waals surface area contributed by atoms with Gasteiger partial charge in [-0.3, -0.25) is 4.79 Å². The molecule has 37 heavy (non-hydrogen) atoms. The van der Waals surface area contributed by atoms with Crippen LogP contribution in [0.2, 0.25) is 0 Å². The number of hydrogen-bond acceptors (Lipinski definition) is 4. The highest BCUT2D eigenvalue weighted by Crippen LogP contribution is 2.21. The molecule has 0 heterocycles. The van der Waals surface area contributed by atoms with Crippen molar-refractivity contribution in [2.24, 2.45) is 0 Å². The van der Waals surface area contributed by atoms with Crippen LogP contribution in [0.15, 0.2) is 109 Å². The van der Waals surface area contributed by atoms with Crippen molar-refractivity contribution in [1.29, 1.82) is 0 Å². The molecule has 4 rings (SSSR count). The Bertz CT molecular complexity index is 1230. The first-order chi connectivity index (χ1) is 18.1. The van der Waals surface area contributed by atoms with E-state index in [9.17, 15) is 9.90 Å². The molecule has 0 aliphatic heterocycles. The fourth-order valence-corrected chi connectivity index (χ4v) is 3.96. The number of aliphatic hydroxyl groups is 1. The molecule has 5 heteroatoms. The lowest BCUT2D eigenvalue weighted by Gasteiger charge is -2.21. The first-order valence-electron chi connectivity index (χ1n) is 12.5. The number of nitrogens with zero attached hydrogens (tertiary/aromatic N) is 1. The first kappa shape index (κ1) is 26.0. The maximum atomic E-state index is 12.7. The van der Waals surface area contributed by atoms with E-state index < -0.39 is 6.10 Å². The first-order valence-corrected chi connectivity index (χ1v) is 12.5. The molecular weight excluding hydrogens is 462 g/mol. The van der Waals surface area contributed by atoms with Gasteiger partial charge in [0.2, 0.25) is 0 Å². The van der Waals surface area contributed by atoms with Crippen LogP contribution in [0, 0.1) is 0 Å². The molecule has 0 aliphatic rings. The van der Waals surface area contributed by atoms with E-state index in [-0.39, 0.29) is 5.91 Å². The van der Waals surface area contributed by atoms with Crippen LogP contribution in [-0.4, -0.2) is 29.5 Å². The summed E-state index contributed by atoms with van der Waals surface area (Å²) in [4.78, 5) is 14.3. The number of benzene rings is 4. The molecule has 0 saturated carbocycles. The van der Waals surface area contributed by atoms with E-state index in [1.807, 2.05) is 72.8 Å². The molecule has 0 fully saturated rings. The average Bonchev–Trinajstić information content (AvgIpc) is 2.96. The van der Waals surface area contributed by atoms with E-state index in [0.29, 0.717) is 31.1 Å². The number of aliphatic hydroxyl groups excluding tert-OH is 1. The number of rotatable bonds is 12. The van der Waals surface area contributed by atoms with Gasteiger partial charge in [-0.1, -0.05) is 84.9 Å². The third-order valence-electron chi connectivity index (χ3n) is 6.18. The molecule has 0 spiro atoms. The highest BCUT2D eigenvalue weighted by Gasteiger charge is 2.21. The number of hydrogen-bond donors (Lipinski definition) is 1. The summed E-state index contributed by atoms with van der Waals surface area (Å²) in [5.41, 5.74) is 3.94. The molecule has 1 N–H and O–H groups in total. The maximum absolute atomic E-state index is 12.7. The van der Waals surface area contributed by atoms with Crippen LogP contribution >= 0.6 is 0 Å². The molecule has 0 bridgehead atoms. The van der Waals surface area contributed by atoms with Gasteiger partial charge in [-0.15, -0.1) is 0 Å². The Morgan fingerprint density at radius 2 is 1.19 bits per heavy atom. The molecule has 0 saturated heterocycles. The lowest BCUT2D eigenvalue weighted by molar-refractivity contribution is -0.139. The van der Waals surface area contributed by atoms with Crippen molar-refractivity contribution in [3.63, 3.8) is 0 Å². The van der Waals surface area contributed by atoms with Crippen molar-refractivity contribution in [3.8, 4) is 11.5 Å². The Balaban J connectivity index is 1.19. The molecule has 0 aliphatic carbocycles. The molecule has 5 nitrogen and oxygen atoms in total. The van der Waals surface area contributed by atoms with Gasteiger partial charge in [0, 0.05) is 13.6 Å². The van der Waals surface area contributed by atoms with Crippen molar-refractivity contribution < 1.29 is 19.4 Å². The Hall–Kier alpha value is -4.09. The van der Waals surface area contributed by atoms with Gasteiger partial charge >= 0.3 is 0 Å². The van der Waals surface area contributed by atoms with Gasteiger partial charge in [-0.2, -0.15) is 0 Å². The Morgan fingerprint density at radius 1 is 0.703 bits per heavy atom. The standard InChI is InChI=1S/C32H33NO4/c1-33(22-8-13-25-14-18-29(19-15-25)36-23-26-9-4-2-5-10-26)32(35)31(34)28-16-20-30(21-17-28)37-24-27-11-6-3-7-12-27/h2-7,9-12,14-21,31,34H,8,13,22-24H2,1H3/t31-/m1/s1. The van der Waals surface area contributed by atoms with E-state index in [1.54, 1.807) is 36.2 Å². The monoisotopic (exact) mass is 495 g/mol. The second-order valence-corrected chi connectivity index (χ2v) is 9.03. The van der Waals surface area contributed by atoms with Gasteiger partial charge in [-0.05, 0) is 59.4 Å². The van der Waals surface area contributed by atoms with Crippen LogP contribution in [0.1, 0.15) is 34.8 Å². The maximum Gasteiger partial charge on any atom is 0.255 e. The van der Waals surface area contributed by atoms with Gasteiger partial charge < -0.3 is 19.5 Å². The molecule has 1 amide bonds. The third-order valence-corrected chi connectivity index (χ3v) is 6.18. The number of likely N-dealkylation sites (N-methyl/N-ethyl adjacent to an activating group) is 1. The van der Waals surface area contributed by atoms with E-state index in [0.717, 1.165) is 29.7 Å². The number of aryl methyl sites for hydroxylation is 1. The minimum atomic E-state index is -1.20. The molecule has 0 unspecified atom stereocenters. The summed E-state index contributed by atoms with van der Waals surface area (Å²) in [6, 6.07) is 35.1. The van der Waals surface area contributed by atoms with E-state index in [4.69, 9.17) is 9.47 Å². The number of carbonyl (C=O) groups excluding carboxylic acids is 1. The fraction of sp³-hybridized carbons (Fsp3) is 0.219. The lowest BCUT2D eigenvalue weighted by Crippen LogP contribution is -2.32. The van der Waals surface area contributed by atoms with Gasteiger partial charge in [0.15, 0.2) is 6.10 Å². The zero-order chi connectivity index (χ0) is 25.9. The van der Waals surface area contributed by atoms with E-state index in [2.05, 4.69) is 12.1 Å². The topological polar surface area (TPSA) is 59.0 Å². The van der Waals surface area contributed by atoms with Gasteiger partial charge in [0.1, 0.15) is 24.7 Å². The van der Waals surface area contributed by atoms with E-state index in [1.165, 1.54) is 5.56 Å². The van der Waals surface area contributed by atoms with Crippen molar-refractivity contribution in [2.75, 3.05) is 13.6 Å². The fourth-order valence-electron chi connectivity index (χ4n) is 3.96. The zero-order valence-corrected chi connectivity index (χ0v) is 21.1. The van der Waals surface area contributed by atoms with Crippen LogP contribution in [0.4, 0.5) is 0 Å². The number of carbonyl (C=O) groups is 1. The summed E-state index contributed by atoms with van der Waals surface area (Å²) in [6.45, 7) is 1.56. The zero-order valence-electron chi connectivity index (χ0n) is 21.1. The highest BCUT2D eigenvalue weighted by molar-refractivity contribution is 5.81. The molecule has 4 aromatic carbocycles. The Morgan fingerprint density at radius 3 is 1.70 bits per heavy atom. The molecule has 4 aromatic rings. The van der Waals surface area contributed by atoms with Gasteiger partial charge in [-0.25, -0.2) is 0 Å². The quantitative estimate of drug-likeness (QED) is 0.263. The Labute approximate surface area is 218 Å². The minimum absolute atomic E-state index is 0.317. The van der Waals surface area contributed by atoms with Crippen LogP contribution < -0.4 is 9.47 Å². The largest absolute Gasteiger partial charge is 0.489 e. The molecule has 190 valence electrons. The normalized spacial score (nSPS) is 11.5. The summed E-state index contributed by atoms with van der Waals surface area (Å²) in [7, 11) is 1.73. The van der Waals surface area contributed by atoms with Crippen LogP contribution in [0.25, 0.3) is 0 Å². The predicted octanol–water partition coefficient (Wildman–Crippen LogP) is 5.97. The summed E-state index contributed by atoms with van der Waals surface area (Å²) in [6.07, 6.45) is 0.431. The molecule has 1 atom stereocenters. The summed E-state index contributed by atoms with van der Waals surface area (Å²) < 4.78 is 11.6. The molecular formula is C32H33NO4. The SMILES string of the molecule is CN(CCCc1ccc(OCc2ccccc2)cc1)C(=O)[C@H](O)c1ccc(OCc2ccccc2)cc1. The average molecular weight is 496 g/mol. The highest BCUT2D eigenvalue weighted by atomic mass is 16.5. The van der Waals surface area contributed by atoms with Crippen molar-refractivity contribution in [3.05, 3.63) is 131 Å². The lowest BCUT2D eigenvalue weighted by atomic mass is 10.1. The summed E-state index contributed by atoms with van der Waals surface area (Å²) in [5.74, 6) is 1.21. The third kappa shape index (κ3) is 7.95. The van der Waals surface area contributed by atoms with Crippen LogP contribution in [-0.2, 0) is 24.4 Å². The Kier molecular flexibility index (Phi) is 9.33. The predicted molar refractivity (Wildman–Crippen MR) is 145 cm³/mol. The van der Waals surface area contributed by atoms with Gasteiger partial charge in [0.05, 0.1) is 0 Å².